The molecule has 130 valence electrons. The fraction of sp³-hybridized carbons (Fsp3) is 0.263. The van der Waals surface area contributed by atoms with Crippen LogP contribution in [-0.2, 0) is 27.6 Å². The molecule has 1 saturated heterocycles. The van der Waals surface area contributed by atoms with E-state index >= 15 is 0 Å². The summed E-state index contributed by atoms with van der Waals surface area (Å²) in [6.45, 7) is 0.925. The van der Waals surface area contributed by atoms with Crippen molar-refractivity contribution in [2.24, 2.45) is 0 Å². The molecular formula is C19H20N2O4. The normalized spacial score (nSPS) is 16.7. The molecule has 1 aliphatic rings. The van der Waals surface area contributed by atoms with Crippen molar-refractivity contribution < 1.29 is 19.2 Å². The van der Waals surface area contributed by atoms with Gasteiger partial charge in [0.15, 0.2) is 0 Å². The van der Waals surface area contributed by atoms with Gasteiger partial charge < -0.3 is 10.1 Å². The van der Waals surface area contributed by atoms with Crippen molar-refractivity contribution in [3.05, 3.63) is 71.8 Å². The number of hydrogen-bond acceptors (Lipinski definition) is 4. The summed E-state index contributed by atoms with van der Waals surface area (Å²) in [6, 6.07) is 18.4. The molecule has 1 unspecified atom stereocenters. The lowest BCUT2D eigenvalue weighted by Gasteiger charge is -2.16. The summed E-state index contributed by atoms with van der Waals surface area (Å²) in [6.07, 6.45) is -0.110. The van der Waals surface area contributed by atoms with Crippen LogP contribution in [-0.4, -0.2) is 29.7 Å². The summed E-state index contributed by atoms with van der Waals surface area (Å²) in [5.41, 5.74) is 1.87. The summed E-state index contributed by atoms with van der Waals surface area (Å²) >= 11 is 0. The maximum absolute atomic E-state index is 12.3. The largest absolute Gasteiger partial charge is 0.445 e. The third kappa shape index (κ3) is 4.81. The van der Waals surface area contributed by atoms with Gasteiger partial charge >= 0.3 is 6.09 Å². The molecule has 1 atom stereocenters. The summed E-state index contributed by atoms with van der Waals surface area (Å²) < 4.78 is 5.14. The number of hydroxylamine groups is 2. The quantitative estimate of drug-likeness (QED) is 0.878. The van der Waals surface area contributed by atoms with Crippen molar-refractivity contribution in [1.82, 2.24) is 10.4 Å². The highest BCUT2D eigenvalue weighted by Gasteiger charge is 2.34. The fourth-order valence-electron chi connectivity index (χ4n) is 2.55. The first-order valence-electron chi connectivity index (χ1n) is 8.18. The Kier molecular flexibility index (Phi) is 5.64. The van der Waals surface area contributed by atoms with Crippen LogP contribution in [0.4, 0.5) is 4.79 Å². The van der Waals surface area contributed by atoms with E-state index in [0.29, 0.717) is 19.6 Å². The van der Waals surface area contributed by atoms with Crippen LogP contribution in [0.2, 0.25) is 0 Å². The second-order valence-electron chi connectivity index (χ2n) is 5.75. The predicted molar refractivity (Wildman–Crippen MR) is 91.1 cm³/mol. The zero-order valence-corrected chi connectivity index (χ0v) is 13.8. The minimum atomic E-state index is -0.612. The average Bonchev–Trinajstić information content (AvgIpc) is 3.00. The highest BCUT2D eigenvalue weighted by atomic mass is 16.7. The number of rotatable bonds is 6. The minimum absolute atomic E-state index is 0.168. The van der Waals surface area contributed by atoms with Crippen molar-refractivity contribution in [2.45, 2.75) is 25.7 Å². The number of carbonyl (C=O) groups is 2. The van der Waals surface area contributed by atoms with Gasteiger partial charge in [0.25, 0.3) is 5.91 Å². The molecule has 25 heavy (non-hydrogen) atoms. The molecule has 0 aliphatic carbocycles. The van der Waals surface area contributed by atoms with Crippen LogP contribution in [0.15, 0.2) is 60.7 Å². The van der Waals surface area contributed by atoms with Gasteiger partial charge in [0.2, 0.25) is 0 Å². The summed E-state index contributed by atoms with van der Waals surface area (Å²) in [4.78, 5) is 29.7. The van der Waals surface area contributed by atoms with Gasteiger partial charge in [-0.15, -0.1) is 0 Å². The molecule has 2 amide bonds. The Morgan fingerprint density at radius 1 is 1.00 bits per heavy atom. The zero-order valence-electron chi connectivity index (χ0n) is 13.8. The number of carbonyl (C=O) groups excluding carboxylic acids is 2. The lowest BCUT2D eigenvalue weighted by Crippen LogP contribution is -2.41. The van der Waals surface area contributed by atoms with E-state index in [2.05, 4.69) is 5.32 Å². The Bertz CT molecular complexity index is 706. The van der Waals surface area contributed by atoms with E-state index in [1.165, 1.54) is 5.06 Å². The van der Waals surface area contributed by atoms with Crippen LogP contribution < -0.4 is 5.32 Å². The van der Waals surface area contributed by atoms with Gasteiger partial charge in [-0.05, 0) is 17.5 Å². The minimum Gasteiger partial charge on any atom is -0.445 e. The molecule has 0 radical (unpaired) electrons. The number of nitrogens with zero attached hydrogens (tertiary/aromatic N) is 1. The Morgan fingerprint density at radius 3 is 2.24 bits per heavy atom. The van der Waals surface area contributed by atoms with Crippen molar-refractivity contribution in [2.75, 3.05) is 6.54 Å². The molecule has 1 heterocycles. The van der Waals surface area contributed by atoms with Gasteiger partial charge in [0.1, 0.15) is 19.3 Å². The van der Waals surface area contributed by atoms with Gasteiger partial charge in [-0.2, -0.15) is 0 Å². The SMILES string of the molecule is O=C(NC1CCN(OCc2ccccc2)C1=O)OCc1ccccc1. The Hall–Kier alpha value is -2.86. The van der Waals surface area contributed by atoms with Gasteiger partial charge in [0, 0.05) is 0 Å². The number of hydrogen-bond donors (Lipinski definition) is 1. The monoisotopic (exact) mass is 340 g/mol. The second kappa shape index (κ2) is 8.30. The molecule has 1 aliphatic heterocycles. The van der Waals surface area contributed by atoms with E-state index in [-0.39, 0.29) is 12.5 Å². The first kappa shape index (κ1) is 17.0. The highest BCUT2D eigenvalue weighted by molar-refractivity contribution is 5.86. The van der Waals surface area contributed by atoms with Gasteiger partial charge in [-0.3, -0.25) is 9.63 Å². The summed E-state index contributed by atoms with van der Waals surface area (Å²) in [5.74, 6) is -0.257. The molecule has 1 N–H and O–H groups in total. The van der Waals surface area contributed by atoms with Crippen LogP contribution in [0.25, 0.3) is 0 Å². The molecule has 2 aromatic rings. The standard InChI is InChI=1S/C19H20N2O4/c22-18-17(20-19(23)24-13-15-7-3-1-4-8-15)11-12-21(18)25-14-16-9-5-2-6-10-16/h1-10,17H,11-14H2,(H,20,23). The van der Waals surface area contributed by atoms with E-state index < -0.39 is 12.1 Å². The van der Waals surface area contributed by atoms with Crippen LogP contribution in [0.3, 0.4) is 0 Å². The van der Waals surface area contributed by atoms with E-state index in [1.807, 2.05) is 60.7 Å². The maximum Gasteiger partial charge on any atom is 0.408 e. The molecule has 6 nitrogen and oxygen atoms in total. The van der Waals surface area contributed by atoms with Crippen LogP contribution >= 0.6 is 0 Å². The zero-order chi connectivity index (χ0) is 17.5. The fourth-order valence-corrected chi connectivity index (χ4v) is 2.55. The van der Waals surface area contributed by atoms with Crippen molar-refractivity contribution >= 4 is 12.0 Å². The topological polar surface area (TPSA) is 67.9 Å². The lowest BCUT2D eigenvalue weighted by molar-refractivity contribution is -0.183. The highest BCUT2D eigenvalue weighted by Crippen LogP contribution is 2.14. The van der Waals surface area contributed by atoms with E-state index in [9.17, 15) is 9.59 Å². The van der Waals surface area contributed by atoms with E-state index in [4.69, 9.17) is 9.57 Å². The third-order valence-corrected chi connectivity index (χ3v) is 3.90. The smallest absolute Gasteiger partial charge is 0.408 e. The molecule has 2 aromatic carbocycles. The Balaban J connectivity index is 1.43. The molecule has 3 rings (SSSR count). The third-order valence-electron chi connectivity index (χ3n) is 3.90. The van der Waals surface area contributed by atoms with Crippen LogP contribution in [0, 0.1) is 0 Å². The first-order chi connectivity index (χ1) is 12.2. The van der Waals surface area contributed by atoms with Gasteiger partial charge in [0.05, 0.1) is 6.54 Å². The lowest BCUT2D eigenvalue weighted by atomic mass is 10.2. The van der Waals surface area contributed by atoms with Gasteiger partial charge in [-0.1, -0.05) is 60.7 Å². The predicted octanol–water partition coefficient (Wildman–Crippen LogP) is 2.65. The summed E-state index contributed by atoms with van der Waals surface area (Å²) in [7, 11) is 0. The first-order valence-corrected chi connectivity index (χ1v) is 8.18. The van der Waals surface area contributed by atoms with Crippen molar-refractivity contribution in [1.29, 1.82) is 0 Å². The molecule has 1 fully saturated rings. The number of amides is 2. The van der Waals surface area contributed by atoms with Crippen LogP contribution in [0.1, 0.15) is 17.5 Å². The van der Waals surface area contributed by atoms with Gasteiger partial charge in [-0.25, -0.2) is 9.86 Å². The Morgan fingerprint density at radius 2 is 1.60 bits per heavy atom. The van der Waals surface area contributed by atoms with Crippen LogP contribution in [0.5, 0.6) is 0 Å². The molecule has 0 bridgehead atoms. The number of alkyl carbamates (subject to hydrolysis) is 1. The second-order valence-corrected chi connectivity index (χ2v) is 5.75. The molecule has 0 aromatic heterocycles. The molecule has 6 heteroatoms. The Labute approximate surface area is 146 Å². The number of ether oxygens (including phenoxy) is 1. The summed E-state index contributed by atoms with van der Waals surface area (Å²) in [5, 5.41) is 3.90. The molecule has 0 saturated carbocycles. The average molecular weight is 340 g/mol. The van der Waals surface area contributed by atoms with Crippen molar-refractivity contribution in [3.63, 3.8) is 0 Å². The van der Waals surface area contributed by atoms with E-state index in [0.717, 1.165) is 11.1 Å². The molecular weight excluding hydrogens is 320 g/mol. The van der Waals surface area contributed by atoms with E-state index in [1.54, 1.807) is 0 Å². The number of benzene rings is 2. The molecule has 0 spiro atoms. The van der Waals surface area contributed by atoms with Crippen molar-refractivity contribution in [3.8, 4) is 0 Å². The number of nitrogens with one attached hydrogen (secondary N) is 1. The maximum atomic E-state index is 12.3.